The van der Waals surface area contributed by atoms with E-state index in [1.54, 1.807) is 0 Å². The molecular weight excluding hydrogens is 392 g/mol. The van der Waals surface area contributed by atoms with Gasteiger partial charge in [0, 0.05) is 30.4 Å². The van der Waals surface area contributed by atoms with Crippen LogP contribution in [0.5, 0.6) is 0 Å². The first-order valence-electron chi connectivity index (χ1n) is 10.7. The summed E-state index contributed by atoms with van der Waals surface area (Å²) in [5.74, 6) is -0.157. The lowest BCUT2D eigenvalue weighted by molar-refractivity contribution is 0.102. The van der Waals surface area contributed by atoms with Gasteiger partial charge in [-0.3, -0.25) is 4.79 Å². The van der Waals surface area contributed by atoms with Gasteiger partial charge in [0.1, 0.15) is 0 Å². The largest absolute Gasteiger partial charge is 0.322 e. The van der Waals surface area contributed by atoms with Crippen LogP contribution in [0.25, 0.3) is 21.5 Å². The fourth-order valence-electron chi connectivity index (χ4n) is 3.93. The van der Waals surface area contributed by atoms with Gasteiger partial charge in [0.15, 0.2) is 0 Å². The SMILES string of the molecule is O=C(Nc1cc2ccccc2cc1CNCc1ccccc1)c1[c]c2ccccc2cc1. The topological polar surface area (TPSA) is 41.1 Å². The molecule has 0 aliphatic heterocycles. The van der Waals surface area contributed by atoms with E-state index >= 15 is 0 Å². The van der Waals surface area contributed by atoms with Crippen LogP contribution in [0, 0.1) is 6.07 Å². The van der Waals surface area contributed by atoms with Crippen molar-refractivity contribution in [3.63, 3.8) is 0 Å². The minimum Gasteiger partial charge on any atom is -0.322 e. The van der Waals surface area contributed by atoms with Gasteiger partial charge in [0.25, 0.3) is 5.91 Å². The average molecular weight is 416 g/mol. The molecule has 0 bridgehead atoms. The number of nitrogens with one attached hydrogen (secondary N) is 2. The number of carbonyl (C=O) groups is 1. The molecule has 2 N–H and O–H groups in total. The summed E-state index contributed by atoms with van der Waals surface area (Å²) >= 11 is 0. The highest BCUT2D eigenvalue weighted by Gasteiger charge is 2.12. The predicted octanol–water partition coefficient (Wildman–Crippen LogP) is 6.34. The molecule has 5 aromatic carbocycles. The van der Waals surface area contributed by atoms with Gasteiger partial charge in [0.2, 0.25) is 0 Å². The van der Waals surface area contributed by atoms with E-state index in [2.05, 4.69) is 47.0 Å². The van der Waals surface area contributed by atoms with Crippen molar-refractivity contribution in [1.29, 1.82) is 0 Å². The quantitative estimate of drug-likeness (QED) is 0.340. The van der Waals surface area contributed by atoms with Crippen LogP contribution in [0.4, 0.5) is 5.69 Å². The molecule has 5 aromatic rings. The summed E-state index contributed by atoms with van der Waals surface area (Å²) in [6.45, 7) is 1.41. The molecule has 1 amide bonds. The van der Waals surface area contributed by atoms with E-state index in [0.717, 1.165) is 39.3 Å². The van der Waals surface area contributed by atoms with Gasteiger partial charge in [-0.1, -0.05) is 84.9 Å². The highest BCUT2D eigenvalue weighted by Crippen LogP contribution is 2.25. The first-order chi connectivity index (χ1) is 15.8. The lowest BCUT2D eigenvalue weighted by atomic mass is 10.0. The number of anilines is 1. The molecule has 0 atom stereocenters. The van der Waals surface area contributed by atoms with Crippen molar-refractivity contribution in [3.8, 4) is 0 Å². The number of carbonyl (C=O) groups excluding carboxylic acids is 1. The molecule has 5 rings (SSSR count). The Labute approximate surface area is 187 Å². The van der Waals surface area contributed by atoms with Gasteiger partial charge in [-0.2, -0.15) is 0 Å². The van der Waals surface area contributed by atoms with E-state index in [0.29, 0.717) is 12.1 Å². The monoisotopic (exact) mass is 415 g/mol. The van der Waals surface area contributed by atoms with E-state index in [-0.39, 0.29) is 5.91 Å². The zero-order chi connectivity index (χ0) is 21.8. The minimum absolute atomic E-state index is 0.157. The smallest absolute Gasteiger partial charge is 0.256 e. The number of hydrogen-bond acceptors (Lipinski definition) is 2. The van der Waals surface area contributed by atoms with E-state index < -0.39 is 0 Å². The summed E-state index contributed by atoms with van der Waals surface area (Å²) in [4.78, 5) is 13.1. The summed E-state index contributed by atoms with van der Waals surface area (Å²) in [6, 6.07) is 37.7. The molecule has 0 aromatic heterocycles. The van der Waals surface area contributed by atoms with Gasteiger partial charge < -0.3 is 10.6 Å². The summed E-state index contributed by atoms with van der Waals surface area (Å²) in [5.41, 5.74) is 3.62. The molecule has 1 radical (unpaired) electrons. The highest BCUT2D eigenvalue weighted by molar-refractivity contribution is 6.07. The van der Waals surface area contributed by atoms with E-state index in [4.69, 9.17) is 0 Å². The van der Waals surface area contributed by atoms with Crippen molar-refractivity contribution in [2.24, 2.45) is 0 Å². The van der Waals surface area contributed by atoms with Crippen LogP contribution in [0.3, 0.4) is 0 Å². The Bertz CT molecular complexity index is 1390. The Morgan fingerprint density at radius 1 is 0.688 bits per heavy atom. The van der Waals surface area contributed by atoms with Crippen molar-refractivity contribution in [2.75, 3.05) is 5.32 Å². The summed E-state index contributed by atoms with van der Waals surface area (Å²) in [5, 5.41) is 10.9. The van der Waals surface area contributed by atoms with E-state index in [1.807, 2.05) is 72.8 Å². The number of hydrogen-bond donors (Lipinski definition) is 2. The van der Waals surface area contributed by atoms with E-state index in [9.17, 15) is 4.79 Å². The van der Waals surface area contributed by atoms with Crippen molar-refractivity contribution >= 4 is 33.1 Å². The zero-order valence-electron chi connectivity index (χ0n) is 17.6. The molecular formula is C29H23N2O. The fourth-order valence-corrected chi connectivity index (χ4v) is 3.93. The maximum absolute atomic E-state index is 13.1. The Balaban J connectivity index is 1.41. The Hall–Kier alpha value is -3.95. The van der Waals surface area contributed by atoms with Crippen LogP contribution in [0.1, 0.15) is 21.5 Å². The maximum Gasteiger partial charge on any atom is 0.256 e. The van der Waals surface area contributed by atoms with Crippen LogP contribution in [0.2, 0.25) is 0 Å². The van der Waals surface area contributed by atoms with Gasteiger partial charge >= 0.3 is 0 Å². The molecule has 0 spiro atoms. The molecule has 0 aliphatic carbocycles. The lowest BCUT2D eigenvalue weighted by Crippen LogP contribution is -2.17. The van der Waals surface area contributed by atoms with Gasteiger partial charge in [-0.15, -0.1) is 0 Å². The summed E-state index contributed by atoms with van der Waals surface area (Å²) in [7, 11) is 0. The normalized spacial score (nSPS) is 11.0. The summed E-state index contributed by atoms with van der Waals surface area (Å²) in [6.07, 6.45) is 0. The van der Waals surface area contributed by atoms with Crippen molar-refractivity contribution in [1.82, 2.24) is 5.32 Å². The molecule has 0 heterocycles. The lowest BCUT2D eigenvalue weighted by Gasteiger charge is -2.14. The molecule has 0 saturated carbocycles. The van der Waals surface area contributed by atoms with Crippen molar-refractivity contribution in [2.45, 2.75) is 13.1 Å². The Kier molecular flexibility index (Phi) is 5.65. The Morgan fingerprint density at radius 2 is 1.38 bits per heavy atom. The first kappa shape index (κ1) is 20.0. The van der Waals surface area contributed by atoms with Crippen LogP contribution in [0.15, 0.2) is 103 Å². The van der Waals surface area contributed by atoms with Crippen LogP contribution in [-0.4, -0.2) is 5.91 Å². The molecule has 155 valence electrons. The average Bonchev–Trinajstić information content (AvgIpc) is 2.84. The van der Waals surface area contributed by atoms with Crippen molar-refractivity contribution in [3.05, 3.63) is 126 Å². The predicted molar refractivity (Wildman–Crippen MR) is 132 cm³/mol. The molecule has 0 aliphatic rings. The van der Waals surface area contributed by atoms with Crippen LogP contribution < -0.4 is 10.6 Å². The third-order valence-corrected chi connectivity index (χ3v) is 5.61. The van der Waals surface area contributed by atoms with Crippen molar-refractivity contribution < 1.29 is 4.79 Å². The van der Waals surface area contributed by atoms with Crippen LogP contribution >= 0.6 is 0 Å². The van der Waals surface area contributed by atoms with Gasteiger partial charge in [-0.05, 0) is 50.9 Å². The molecule has 0 saturated heterocycles. The van der Waals surface area contributed by atoms with E-state index in [1.165, 1.54) is 5.56 Å². The minimum atomic E-state index is -0.157. The third-order valence-electron chi connectivity index (χ3n) is 5.61. The maximum atomic E-state index is 13.1. The molecule has 0 fully saturated rings. The highest BCUT2D eigenvalue weighted by atomic mass is 16.1. The Morgan fingerprint density at radius 3 is 2.19 bits per heavy atom. The molecule has 0 unspecified atom stereocenters. The second-order valence-electron chi connectivity index (χ2n) is 7.86. The standard InChI is InChI=1S/C29H23N2O/c32-29(26-15-14-22-10-4-5-11-23(22)16-26)31-28-18-25-13-7-6-12-24(25)17-27(28)20-30-19-21-8-2-1-3-9-21/h1-15,17-18,30H,19-20H2,(H,31,32). The van der Waals surface area contributed by atoms with Crippen LogP contribution in [-0.2, 0) is 13.1 Å². The third kappa shape index (κ3) is 4.39. The molecule has 32 heavy (non-hydrogen) atoms. The fraction of sp³-hybridized carbons (Fsp3) is 0.0690. The number of rotatable bonds is 6. The number of amides is 1. The molecule has 3 heteroatoms. The second-order valence-corrected chi connectivity index (χ2v) is 7.86. The number of fused-ring (bicyclic) bond motifs is 2. The van der Waals surface area contributed by atoms with Gasteiger partial charge in [-0.25, -0.2) is 0 Å². The number of benzene rings is 5. The summed E-state index contributed by atoms with van der Waals surface area (Å²) < 4.78 is 0. The first-order valence-corrected chi connectivity index (χ1v) is 10.7. The zero-order valence-corrected chi connectivity index (χ0v) is 17.6. The molecule has 3 nitrogen and oxygen atoms in total. The second kappa shape index (κ2) is 9.04. The van der Waals surface area contributed by atoms with Gasteiger partial charge in [0.05, 0.1) is 0 Å².